The Balaban J connectivity index is 1.72. The van der Waals surface area contributed by atoms with E-state index in [1.165, 1.54) is 30.6 Å². The van der Waals surface area contributed by atoms with E-state index in [4.69, 9.17) is 0 Å². The Hall–Kier alpha value is -1.20. The molecule has 1 aliphatic rings. The minimum atomic E-state index is -0.00616. The molecular weight excluding hydrogens is 282 g/mol. The van der Waals surface area contributed by atoms with Gasteiger partial charge in [-0.25, -0.2) is 4.98 Å². The van der Waals surface area contributed by atoms with E-state index >= 15 is 0 Å². The number of thiophene rings is 1. The molecule has 0 bridgehead atoms. The van der Waals surface area contributed by atoms with Crippen LogP contribution in [-0.4, -0.2) is 16.5 Å². The summed E-state index contributed by atoms with van der Waals surface area (Å²) in [5, 5.41) is 4.23. The van der Waals surface area contributed by atoms with Crippen molar-refractivity contribution in [2.45, 2.75) is 53.0 Å². The molecule has 3 rings (SSSR count). The molecule has 0 saturated heterocycles. The van der Waals surface area contributed by atoms with Gasteiger partial charge in [0.15, 0.2) is 0 Å². The summed E-state index contributed by atoms with van der Waals surface area (Å²) in [6.07, 6.45) is 5.21. The number of hydrogen-bond acceptors (Lipinski definition) is 4. The lowest BCUT2D eigenvalue weighted by Gasteiger charge is -2.14. The molecule has 2 N–H and O–H groups in total. The summed E-state index contributed by atoms with van der Waals surface area (Å²) in [6, 6.07) is 0. The summed E-state index contributed by atoms with van der Waals surface area (Å²) in [5.41, 5.74) is 1.58. The fraction of sp³-hybridized carbons (Fsp3) is 0.625. The van der Waals surface area contributed by atoms with Crippen LogP contribution in [0, 0.1) is 19.3 Å². The van der Waals surface area contributed by atoms with Gasteiger partial charge in [0.1, 0.15) is 10.7 Å². The molecule has 0 aliphatic heterocycles. The molecule has 2 aromatic rings. The predicted octanol–water partition coefficient (Wildman–Crippen LogP) is 3.27. The zero-order valence-electron chi connectivity index (χ0n) is 13.0. The molecule has 0 atom stereocenters. The van der Waals surface area contributed by atoms with Crippen molar-refractivity contribution in [1.82, 2.24) is 15.3 Å². The number of hydrogen-bond donors (Lipinski definition) is 2. The quantitative estimate of drug-likeness (QED) is 0.861. The number of aromatic amines is 1. The van der Waals surface area contributed by atoms with E-state index in [0.29, 0.717) is 12.0 Å². The average molecular weight is 305 g/mol. The van der Waals surface area contributed by atoms with E-state index in [0.717, 1.165) is 28.1 Å². The summed E-state index contributed by atoms with van der Waals surface area (Å²) < 4.78 is 0. The highest BCUT2D eigenvalue weighted by Crippen LogP contribution is 2.48. The predicted molar refractivity (Wildman–Crippen MR) is 88.0 cm³/mol. The monoisotopic (exact) mass is 305 g/mol. The molecule has 5 heteroatoms. The van der Waals surface area contributed by atoms with Crippen molar-refractivity contribution in [2.75, 3.05) is 6.54 Å². The molecule has 0 radical (unpaired) electrons. The molecule has 2 heterocycles. The number of fused-ring (bicyclic) bond motifs is 1. The third-order valence-electron chi connectivity index (χ3n) is 4.62. The van der Waals surface area contributed by atoms with Gasteiger partial charge in [0.25, 0.3) is 5.56 Å². The number of H-pyrrole nitrogens is 1. The standard InChI is InChI=1S/C16H23N3OS/c1-4-5-16(6-7-16)9-17-8-12-18-14(20)13-10(2)11(3)21-15(13)19-12/h17H,4-9H2,1-3H3,(H,18,19,20). The normalized spacial score (nSPS) is 16.5. The maximum Gasteiger partial charge on any atom is 0.259 e. The summed E-state index contributed by atoms with van der Waals surface area (Å²) in [7, 11) is 0. The number of aryl methyl sites for hydroxylation is 2. The lowest BCUT2D eigenvalue weighted by Crippen LogP contribution is -2.25. The lowest BCUT2D eigenvalue weighted by molar-refractivity contribution is 0.418. The van der Waals surface area contributed by atoms with Gasteiger partial charge in [0.05, 0.1) is 11.9 Å². The fourth-order valence-corrected chi connectivity index (χ4v) is 4.10. The summed E-state index contributed by atoms with van der Waals surface area (Å²) in [6.45, 7) is 7.96. The van der Waals surface area contributed by atoms with E-state index < -0.39 is 0 Å². The van der Waals surface area contributed by atoms with Crippen LogP contribution in [0.15, 0.2) is 4.79 Å². The Bertz CT molecular complexity index is 712. The number of nitrogens with one attached hydrogen (secondary N) is 2. The highest BCUT2D eigenvalue weighted by Gasteiger charge is 2.40. The molecule has 0 aromatic carbocycles. The topological polar surface area (TPSA) is 57.8 Å². The summed E-state index contributed by atoms with van der Waals surface area (Å²) >= 11 is 1.61. The van der Waals surface area contributed by atoms with Crippen LogP contribution >= 0.6 is 11.3 Å². The van der Waals surface area contributed by atoms with Gasteiger partial charge in [0.2, 0.25) is 0 Å². The van der Waals surface area contributed by atoms with Gasteiger partial charge in [-0.05, 0) is 44.1 Å². The molecule has 4 nitrogen and oxygen atoms in total. The Morgan fingerprint density at radius 2 is 2.14 bits per heavy atom. The van der Waals surface area contributed by atoms with Crippen molar-refractivity contribution < 1.29 is 0 Å². The maximum absolute atomic E-state index is 12.2. The molecule has 1 saturated carbocycles. The van der Waals surface area contributed by atoms with Crippen molar-refractivity contribution in [2.24, 2.45) is 5.41 Å². The Kier molecular flexibility index (Phi) is 3.88. The van der Waals surface area contributed by atoms with Gasteiger partial charge in [0, 0.05) is 11.4 Å². The van der Waals surface area contributed by atoms with E-state index in [-0.39, 0.29) is 5.56 Å². The van der Waals surface area contributed by atoms with Crippen molar-refractivity contribution in [3.05, 3.63) is 26.6 Å². The van der Waals surface area contributed by atoms with Crippen molar-refractivity contribution >= 4 is 21.6 Å². The number of aromatic nitrogens is 2. The summed E-state index contributed by atoms with van der Waals surface area (Å²) in [4.78, 5) is 21.8. The molecule has 1 aliphatic carbocycles. The molecule has 0 amide bonds. The molecule has 2 aromatic heterocycles. The zero-order chi connectivity index (χ0) is 15.0. The first-order chi connectivity index (χ1) is 10.0. The number of rotatable bonds is 6. The van der Waals surface area contributed by atoms with Crippen molar-refractivity contribution in [3.63, 3.8) is 0 Å². The van der Waals surface area contributed by atoms with Crippen LogP contribution in [0.3, 0.4) is 0 Å². The first-order valence-corrected chi connectivity index (χ1v) is 8.56. The van der Waals surface area contributed by atoms with Crippen LogP contribution in [-0.2, 0) is 6.54 Å². The SMILES string of the molecule is CCCC1(CNCc2nc3sc(C)c(C)c3c(=O)[nH]2)CC1. The van der Waals surface area contributed by atoms with Crippen LogP contribution in [0.5, 0.6) is 0 Å². The average Bonchev–Trinajstić information content (AvgIpc) is 3.11. The van der Waals surface area contributed by atoms with Crippen molar-refractivity contribution in [1.29, 1.82) is 0 Å². The molecule has 21 heavy (non-hydrogen) atoms. The molecular formula is C16H23N3OS. The fourth-order valence-electron chi connectivity index (χ4n) is 3.05. The van der Waals surface area contributed by atoms with E-state index in [1.807, 2.05) is 13.8 Å². The van der Waals surface area contributed by atoms with E-state index in [1.54, 1.807) is 11.3 Å². The van der Waals surface area contributed by atoms with Crippen LogP contribution in [0.2, 0.25) is 0 Å². The van der Waals surface area contributed by atoms with E-state index in [9.17, 15) is 4.79 Å². The van der Waals surface area contributed by atoms with Gasteiger partial charge in [-0.3, -0.25) is 4.79 Å². The van der Waals surface area contributed by atoms with Gasteiger partial charge in [-0.2, -0.15) is 0 Å². The summed E-state index contributed by atoms with van der Waals surface area (Å²) in [5.74, 6) is 0.751. The maximum atomic E-state index is 12.2. The third-order valence-corrected chi connectivity index (χ3v) is 5.72. The molecule has 1 fully saturated rings. The first-order valence-electron chi connectivity index (χ1n) is 7.74. The van der Waals surface area contributed by atoms with Crippen LogP contribution < -0.4 is 10.9 Å². The molecule has 0 unspecified atom stereocenters. The minimum absolute atomic E-state index is 0.00616. The number of nitrogens with zero attached hydrogens (tertiary/aromatic N) is 1. The second-order valence-electron chi connectivity index (χ2n) is 6.33. The van der Waals surface area contributed by atoms with Crippen LogP contribution in [0.1, 0.15) is 48.9 Å². The van der Waals surface area contributed by atoms with Crippen LogP contribution in [0.25, 0.3) is 10.2 Å². The van der Waals surface area contributed by atoms with Gasteiger partial charge < -0.3 is 10.3 Å². The smallest absolute Gasteiger partial charge is 0.259 e. The first kappa shape index (κ1) is 14.7. The second-order valence-corrected chi connectivity index (χ2v) is 7.53. The third kappa shape index (κ3) is 2.90. The zero-order valence-corrected chi connectivity index (χ0v) is 13.8. The van der Waals surface area contributed by atoms with Crippen LogP contribution in [0.4, 0.5) is 0 Å². The van der Waals surface area contributed by atoms with Crippen molar-refractivity contribution in [3.8, 4) is 0 Å². The highest BCUT2D eigenvalue weighted by molar-refractivity contribution is 7.18. The van der Waals surface area contributed by atoms with E-state index in [2.05, 4.69) is 22.2 Å². The largest absolute Gasteiger partial charge is 0.309 e. The second kappa shape index (κ2) is 5.54. The van der Waals surface area contributed by atoms with Gasteiger partial charge >= 0.3 is 0 Å². The lowest BCUT2D eigenvalue weighted by atomic mass is 10.0. The molecule has 114 valence electrons. The minimum Gasteiger partial charge on any atom is -0.309 e. The Morgan fingerprint density at radius 3 is 2.81 bits per heavy atom. The highest BCUT2D eigenvalue weighted by atomic mass is 32.1. The Morgan fingerprint density at radius 1 is 1.38 bits per heavy atom. The Labute approximate surface area is 129 Å². The molecule has 0 spiro atoms. The van der Waals surface area contributed by atoms with Gasteiger partial charge in [-0.1, -0.05) is 13.3 Å². The van der Waals surface area contributed by atoms with Gasteiger partial charge in [-0.15, -0.1) is 11.3 Å².